The van der Waals surface area contributed by atoms with Crippen LogP contribution in [0.25, 0.3) is 10.8 Å². The van der Waals surface area contributed by atoms with Crippen LogP contribution in [0.5, 0.6) is 11.5 Å². The molecule has 0 spiro atoms. The van der Waals surface area contributed by atoms with E-state index in [2.05, 4.69) is 20.3 Å². The first-order chi connectivity index (χ1) is 12.5. The first-order valence-electron chi connectivity index (χ1n) is 7.49. The molecule has 0 aromatic heterocycles. The smallest absolute Gasteiger partial charge is 0.411 e. The Balaban J connectivity index is 0.00000196. The van der Waals surface area contributed by atoms with Crippen molar-refractivity contribution in [3.63, 3.8) is 0 Å². The van der Waals surface area contributed by atoms with E-state index in [0.717, 1.165) is 5.39 Å². The number of rotatable bonds is 3. The molecule has 0 saturated heterocycles. The molecule has 0 aliphatic heterocycles. The Morgan fingerprint density at radius 3 is 2.50 bits per heavy atom. The number of carbonyl (C=O) groups is 1. The van der Waals surface area contributed by atoms with E-state index in [4.69, 9.17) is 11.6 Å². The molecule has 3 rings (SSSR count). The quantitative estimate of drug-likeness (QED) is 0.269. The number of ether oxygens (including phenoxy) is 1. The van der Waals surface area contributed by atoms with Crippen molar-refractivity contribution in [3.8, 4) is 11.5 Å². The molecule has 0 aliphatic rings. The number of hydrogen-bond donors (Lipinski definition) is 3. The zero-order valence-electron chi connectivity index (χ0n) is 15.1. The molecule has 9 heteroatoms. The van der Waals surface area contributed by atoms with E-state index in [1.54, 1.807) is 24.3 Å². The Morgan fingerprint density at radius 1 is 1.07 bits per heavy atom. The van der Waals surface area contributed by atoms with Gasteiger partial charge in [-0.25, -0.2) is 4.79 Å². The minimum absolute atomic E-state index is 0. The predicted octanol–water partition coefficient (Wildman–Crippen LogP) is 5.95. The van der Waals surface area contributed by atoms with Crippen LogP contribution in [0.2, 0.25) is 5.02 Å². The molecule has 0 bridgehead atoms. The Bertz CT molecular complexity index is 1030. The van der Waals surface area contributed by atoms with Crippen LogP contribution >= 0.6 is 11.6 Å². The third-order valence-electron chi connectivity index (χ3n) is 3.61. The van der Waals surface area contributed by atoms with Crippen molar-refractivity contribution < 1.29 is 41.5 Å². The van der Waals surface area contributed by atoms with E-state index in [1.165, 1.54) is 31.4 Å². The minimum atomic E-state index is -0.656. The monoisotopic (exact) mass is 434 g/mol. The van der Waals surface area contributed by atoms with Crippen molar-refractivity contribution in [2.45, 2.75) is 0 Å². The number of hydrogen-bond acceptors (Lipinski definition) is 6. The molecule has 0 unspecified atom stereocenters. The topological polar surface area (TPSA) is 104 Å². The first kappa shape index (κ1) is 23.4. The van der Waals surface area contributed by atoms with Gasteiger partial charge in [-0.1, -0.05) is 29.8 Å². The molecular weight excluding hydrogens is 418 g/mol. The maximum absolute atomic E-state index is 11.6. The standard InChI is InChI=1S/C18H14ClN3O4.CH3.Ti/c1-26-18(25)20-12-4-2-3-10-5-7-15(24)17(16(10)12)22-21-13-9-11(19)6-8-14(13)23;;/h2-9,23-24H,1H3,(H,20,25);1H3;/q;-1;. The SMILES string of the molecule is COC(=O)Nc1cccc2ccc(O)c(N=Nc3cc(Cl)ccc3O)c12.[CH3-].[Ti]. The number of nitrogens with one attached hydrogen (secondary N) is 1. The van der Waals surface area contributed by atoms with Crippen molar-refractivity contribution >= 4 is 45.5 Å². The molecule has 0 aliphatic carbocycles. The molecule has 0 saturated carbocycles. The van der Waals surface area contributed by atoms with Gasteiger partial charge in [0.05, 0.1) is 12.8 Å². The number of amides is 1. The van der Waals surface area contributed by atoms with Gasteiger partial charge < -0.3 is 22.4 Å². The number of phenols is 2. The van der Waals surface area contributed by atoms with Gasteiger partial charge in [0.15, 0.2) is 0 Å². The van der Waals surface area contributed by atoms with Gasteiger partial charge in [0, 0.05) is 32.1 Å². The number of carbonyl (C=O) groups excluding carboxylic acids is 1. The van der Waals surface area contributed by atoms with Crippen LogP contribution in [-0.2, 0) is 26.5 Å². The second-order valence-electron chi connectivity index (χ2n) is 5.29. The van der Waals surface area contributed by atoms with E-state index in [0.29, 0.717) is 16.1 Å². The zero-order chi connectivity index (χ0) is 18.7. The molecule has 0 atom stereocenters. The summed E-state index contributed by atoms with van der Waals surface area (Å²) < 4.78 is 4.62. The summed E-state index contributed by atoms with van der Waals surface area (Å²) in [5.41, 5.74) is 0.677. The van der Waals surface area contributed by atoms with Gasteiger partial charge in [0.25, 0.3) is 0 Å². The number of aromatic hydroxyl groups is 2. The second-order valence-corrected chi connectivity index (χ2v) is 5.72. The van der Waals surface area contributed by atoms with E-state index in [9.17, 15) is 15.0 Å². The van der Waals surface area contributed by atoms with Crippen LogP contribution in [-0.4, -0.2) is 23.4 Å². The van der Waals surface area contributed by atoms with Crippen LogP contribution in [0, 0.1) is 7.43 Å². The number of azo groups is 1. The molecule has 3 aromatic rings. The summed E-state index contributed by atoms with van der Waals surface area (Å²) in [4.78, 5) is 11.6. The zero-order valence-corrected chi connectivity index (χ0v) is 17.4. The van der Waals surface area contributed by atoms with E-state index < -0.39 is 6.09 Å². The Kier molecular flexibility index (Phi) is 8.44. The van der Waals surface area contributed by atoms with Crippen LogP contribution < -0.4 is 5.32 Å². The van der Waals surface area contributed by atoms with Gasteiger partial charge in [0.2, 0.25) is 0 Å². The first-order valence-corrected chi connectivity index (χ1v) is 7.87. The largest absolute Gasteiger partial charge is 0.506 e. The summed E-state index contributed by atoms with van der Waals surface area (Å²) >= 11 is 5.90. The maximum atomic E-state index is 11.6. The average molecular weight is 435 g/mol. The minimum Gasteiger partial charge on any atom is -0.506 e. The Morgan fingerprint density at radius 2 is 1.79 bits per heavy atom. The number of nitrogens with zero attached hydrogens (tertiary/aromatic N) is 2. The van der Waals surface area contributed by atoms with Gasteiger partial charge >= 0.3 is 6.09 Å². The van der Waals surface area contributed by atoms with Crippen molar-refractivity contribution in [2.75, 3.05) is 12.4 Å². The summed E-state index contributed by atoms with van der Waals surface area (Å²) in [6, 6.07) is 12.7. The Hall–Kier alpha value is -2.61. The van der Waals surface area contributed by atoms with Crippen molar-refractivity contribution in [1.82, 2.24) is 0 Å². The van der Waals surface area contributed by atoms with E-state index in [-0.39, 0.29) is 52.0 Å². The molecule has 28 heavy (non-hydrogen) atoms. The van der Waals surface area contributed by atoms with Crippen LogP contribution in [0.4, 0.5) is 21.9 Å². The molecule has 0 heterocycles. The molecule has 1 amide bonds. The average Bonchev–Trinajstić information content (AvgIpc) is 2.63. The van der Waals surface area contributed by atoms with Gasteiger partial charge in [-0.2, -0.15) is 0 Å². The third kappa shape index (κ3) is 5.01. The number of methoxy groups -OCH3 is 1. The van der Waals surface area contributed by atoms with Gasteiger partial charge in [0.1, 0.15) is 22.9 Å². The summed E-state index contributed by atoms with van der Waals surface area (Å²) in [6.45, 7) is 0. The fourth-order valence-corrected chi connectivity index (χ4v) is 2.56. The predicted molar refractivity (Wildman–Crippen MR) is 105 cm³/mol. The number of anilines is 1. The van der Waals surface area contributed by atoms with E-state index in [1.807, 2.05) is 0 Å². The second kappa shape index (κ2) is 10.1. The van der Waals surface area contributed by atoms with E-state index >= 15 is 0 Å². The van der Waals surface area contributed by atoms with Crippen LogP contribution in [0.15, 0.2) is 58.8 Å². The molecule has 0 fully saturated rings. The van der Waals surface area contributed by atoms with Crippen molar-refractivity contribution in [3.05, 3.63) is 61.0 Å². The fraction of sp³-hybridized carbons (Fsp3) is 0.0526. The maximum Gasteiger partial charge on any atom is 0.411 e. The summed E-state index contributed by atoms with van der Waals surface area (Å²) in [5.74, 6) is -0.243. The normalized spacial score (nSPS) is 10.2. The molecule has 144 valence electrons. The van der Waals surface area contributed by atoms with Crippen molar-refractivity contribution in [2.24, 2.45) is 10.2 Å². The fourth-order valence-electron chi connectivity index (χ4n) is 2.40. The van der Waals surface area contributed by atoms with Crippen LogP contribution in [0.1, 0.15) is 0 Å². The third-order valence-corrected chi connectivity index (χ3v) is 3.85. The van der Waals surface area contributed by atoms with Crippen LogP contribution in [0.3, 0.4) is 0 Å². The number of benzene rings is 3. The molecule has 7 nitrogen and oxygen atoms in total. The van der Waals surface area contributed by atoms with Crippen molar-refractivity contribution in [1.29, 1.82) is 0 Å². The molecular formula is C19H17ClN3O4Ti-. The van der Waals surface area contributed by atoms with Gasteiger partial charge in [-0.15, -0.1) is 10.2 Å². The number of fused-ring (bicyclic) bond motifs is 1. The number of phenolic OH excluding ortho intramolecular Hbond substituents is 2. The summed E-state index contributed by atoms with van der Waals surface area (Å²) in [7, 11) is 1.25. The summed E-state index contributed by atoms with van der Waals surface area (Å²) in [5, 5.41) is 32.3. The Labute approximate surface area is 181 Å². The molecule has 3 N–H and O–H groups in total. The number of halogens is 1. The molecule has 0 radical (unpaired) electrons. The van der Waals surface area contributed by atoms with Gasteiger partial charge in [-0.05, 0) is 35.7 Å². The molecule has 3 aromatic carbocycles. The summed E-state index contributed by atoms with van der Waals surface area (Å²) in [6.07, 6.45) is -0.656. The van der Waals surface area contributed by atoms with Gasteiger partial charge in [-0.3, -0.25) is 5.32 Å².